The summed E-state index contributed by atoms with van der Waals surface area (Å²) in [6.07, 6.45) is 0.495. The Morgan fingerprint density at radius 3 is 2.54 bits per heavy atom. The van der Waals surface area contributed by atoms with Crippen molar-refractivity contribution in [2.75, 3.05) is 13.2 Å². The molecule has 24 heavy (non-hydrogen) atoms. The normalized spacial score (nSPS) is 12.0. The lowest BCUT2D eigenvalue weighted by Gasteiger charge is -2.08. The second-order valence-corrected chi connectivity index (χ2v) is 4.81. The molecule has 0 spiro atoms. The molecule has 7 nitrogen and oxygen atoms in total. The molecule has 0 heterocycles. The summed E-state index contributed by atoms with van der Waals surface area (Å²) in [7, 11) is 0. The van der Waals surface area contributed by atoms with E-state index in [0.29, 0.717) is 6.42 Å². The van der Waals surface area contributed by atoms with Crippen molar-refractivity contribution in [2.24, 2.45) is 21.5 Å². The third-order valence-corrected chi connectivity index (χ3v) is 2.35. The Morgan fingerprint density at radius 1 is 1.21 bits per heavy atom. The first-order chi connectivity index (χ1) is 10.9. The van der Waals surface area contributed by atoms with E-state index < -0.39 is 11.6 Å². The number of aliphatic imine (C=N–C) groups is 2. The number of rotatable bonds is 7. The van der Waals surface area contributed by atoms with Crippen molar-refractivity contribution in [1.82, 2.24) is 5.48 Å². The molecule has 0 saturated carbocycles. The van der Waals surface area contributed by atoms with Crippen molar-refractivity contribution >= 4 is 24.3 Å². The van der Waals surface area contributed by atoms with Crippen LogP contribution in [-0.2, 0) is 4.84 Å². The molecule has 0 amide bonds. The first-order valence-corrected chi connectivity index (χ1v) is 7.01. The highest BCUT2D eigenvalue weighted by molar-refractivity contribution is 5.92. The van der Waals surface area contributed by atoms with Crippen LogP contribution in [0.4, 0.5) is 8.78 Å². The average molecular weight is 366 g/mol. The molecule has 136 valence electrons. The number of nitrogens with one attached hydrogen (secondary N) is 1. The molecule has 0 unspecified atom stereocenters. The van der Waals surface area contributed by atoms with Gasteiger partial charge in [-0.3, -0.25) is 4.84 Å². The number of nitrogens with two attached hydrogens (primary N) is 2. The van der Waals surface area contributed by atoms with Crippen LogP contribution in [0.25, 0.3) is 0 Å². The highest BCUT2D eigenvalue weighted by atomic mass is 35.5. The third kappa shape index (κ3) is 9.11. The fraction of sp³-hybridized carbons (Fsp3) is 0.429. The molecule has 0 atom stereocenters. The van der Waals surface area contributed by atoms with Gasteiger partial charge in [0.15, 0.2) is 11.6 Å². The Balaban J connectivity index is 0.00000529. The number of hydrogen-bond donors (Lipinski definition) is 3. The first kappa shape index (κ1) is 21.9. The number of benzene rings is 1. The van der Waals surface area contributed by atoms with Gasteiger partial charge in [0.1, 0.15) is 5.75 Å². The smallest absolute Gasteiger partial charge is 0.221 e. The zero-order valence-corrected chi connectivity index (χ0v) is 14.3. The minimum atomic E-state index is -0.954. The second-order valence-electron chi connectivity index (χ2n) is 4.81. The van der Waals surface area contributed by atoms with Crippen LogP contribution < -0.4 is 21.7 Å². The van der Waals surface area contributed by atoms with Crippen LogP contribution in [-0.4, -0.2) is 31.2 Å². The van der Waals surface area contributed by atoms with Gasteiger partial charge in [-0.05, 0) is 26.0 Å². The van der Waals surface area contributed by atoms with Crippen LogP contribution in [0.15, 0.2) is 28.2 Å². The highest BCUT2D eigenvalue weighted by Gasteiger charge is 2.03. The van der Waals surface area contributed by atoms with Gasteiger partial charge in [0.2, 0.25) is 11.9 Å². The minimum Gasteiger partial charge on any atom is -0.493 e. The number of halogens is 3. The number of guanidine groups is 2. The molecule has 0 radical (unpaired) electrons. The zero-order chi connectivity index (χ0) is 17.2. The first-order valence-electron chi connectivity index (χ1n) is 7.01. The summed E-state index contributed by atoms with van der Waals surface area (Å²) < 4.78 is 30.9. The number of ether oxygens (including phenoxy) is 1. The molecule has 5 N–H and O–H groups in total. The minimum absolute atomic E-state index is 0. The lowest BCUT2D eigenvalue weighted by molar-refractivity contribution is 0.0738. The molecular weight excluding hydrogens is 344 g/mol. The van der Waals surface area contributed by atoms with Gasteiger partial charge in [0, 0.05) is 18.5 Å². The number of hydroxylamine groups is 1. The van der Waals surface area contributed by atoms with Gasteiger partial charge in [0.25, 0.3) is 0 Å². The largest absolute Gasteiger partial charge is 0.493 e. The van der Waals surface area contributed by atoms with E-state index in [1.807, 2.05) is 13.8 Å². The summed E-state index contributed by atoms with van der Waals surface area (Å²) in [5.41, 5.74) is 13.5. The maximum Gasteiger partial charge on any atom is 0.221 e. The van der Waals surface area contributed by atoms with Crippen LogP contribution in [0.3, 0.4) is 0 Å². The van der Waals surface area contributed by atoms with E-state index in [4.69, 9.17) is 21.0 Å². The molecule has 0 fully saturated rings. The molecular formula is C14H22ClF2N5O2. The fourth-order valence-corrected chi connectivity index (χ4v) is 1.45. The topological polar surface area (TPSA) is 107 Å². The van der Waals surface area contributed by atoms with E-state index in [1.165, 1.54) is 6.07 Å². The maximum absolute atomic E-state index is 12.9. The summed E-state index contributed by atoms with van der Waals surface area (Å²) in [5.74, 6) is -1.59. The highest BCUT2D eigenvalue weighted by Crippen LogP contribution is 2.15. The van der Waals surface area contributed by atoms with Crippen LogP contribution in [0, 0.1) is 11.6 Å². The van der Waals surface area contributed by atoms with Gasteiger partial charge in [-0.2, -0.15) is 4.99 Å². The Bertz CT molecular complexity index is 570. The predicted molar refractivity (Wildman–Crippen MR) is 91.2 cm³/mol. The summed E-state index contributed by atoms with van der Waals surface area (Å²) in [5, 5.41) is 0. The molecule has 0 saturated heterocycles. The SMILES string of the molecule is CC(C)N=C(N)/N=C(\N)NOCCCOc1ccc(F)c(F)c1.Cl. The molecule has 1 aromatic carbocycles. The number of nitrogens with zero attached hydrogens (tertiary/aromatic N) is 2. The van der Waals surface area contributed by atoms with E-state index >= 15 is 0 Å². The van der Waals surface area contributed by atoms with Gasteiger partial charge >= 0.3 is 0 Å². The Kier molecular flexibility index (Phi) is 10.4. The molecule has 0 bridgehead atoms. The standard InChI is InChI=1S/C14H21F2N5O2.ClH/c1-9(2)19-13(17)20-14(18)21-23-7-3-6-22-10-4-5-11(15)12(16)8-10;/h4-5,8-9H,3,6-7H2,1-2H3,(H5,17,18,19,20,21);1H. The molecule has 0 aliphatic carbocycles. The molecule has 1 rings (SSSR count). The van der Waals surface area contributed by atoms with Crippen LogP contribution in [0.1, 0.15) is 20.3 Å². The van der Waals surface area contributed by atoms with Crippen LogP contribution in [0.5, 0.6) is 5.75 Å². The molecule has 0 aliphatic rings. The van der Waals surface area contributed by atoms with E-state index in [1.54, 1.807) is 0 Å². The van der Waals surface area contributed by atoms with E-state index in [9.17, 15) is 8.78 Å². The van der Waals surface area contributed by atoms with Crippen LogP contribution >= 0.6 is 12.4 Å². The summed E-state index contributed by atoms with van der Waals surface area (Å²) in [6, 6.07) is 3.35. The summed E-state index contributed by atoms with van der Waals surface area (Å²) in [6.45, 7) is 4.24. The molecule has 0 aliphatic heterocycles. The molecule has 1 aromatic rings. The average Bonchev–Trinajstić information content (AvgIpc) is 2.45. The zero-order valence-electron chi connectivity index (χ0n) is 13.5. The Labute approximate surface area is 145 Å². The van der Waals surface area contributed by atoms with Crippen molar-refractivity contribution in [3.8, 4) is 5.75 Å². The van der Waals surface area contributed by atoms with Crippen molar-refractivity contribution < 1.29 is 18.4 Å². The van der Waals surface area contributed by atoms with Gasteiger partial charge in [-0.15, -0.1) is 12.4 Å². The van der Waals surface area contributed by atoms with Gasteiger partial charge in [-0.1, -0.05) is 0 Å². The monoisotopic (exact) mass is 365 g/mol. The van der Waals surface area contributed by atoms with E-state index in [-0.39, 0.29) is 49.3 Å². The second kappa shape index (κ2) is 11.4. The quantitative estimate of drug-likeness (QED) is 0.295. The summed E-state index contributed by atoms with van der Waals surface area (Å²) >= 11 is 0. The lowest BCUT2D eigenvalue weighted by atomic mass is 10.3. The molecule has 10 heteroatoms. The maximum atomic E-state index is 12.9. The third-order valence-electron chi connectivity index (χ3n) is 2.35. The van der Waals surface area contributed by atoms with Crippen LogP contribution in [0.2, 0.25) is 0 Å². The summed E-state index contributed by atoms with van der Waals surface area (Å²) in [4.78, 5) is 12.8. The van der Waals surface area contributed by atoms with Crippen molar-refractivity contribution in [2.45, 2.75) is 26.3 Å². The Hall–Kier alpha value is -2.13. The van der Waals surface area contributed by atoms with Crippen molar-refractivity contribution in [3.05, 3.63) is 29.8 Å². The van der Waals surface area contributed by atoms with Gasteiger partial charge in [-0.25, -0.2) is 19.3 Å². The van der Waals surface area contributed by atoms with E-state index in [2.05, 4.69) is 15.5 Å². The number of hydrogen-bond acceptors (Lipinski definition) is 3. The predicted octanol–water partition coefficient (Wildman–Crippen LogP) is 1.71. The van der Waals surface area contributed by atoms with Gasteiger partial charge in [0.05, 0.1) is 13.2 Å². The fourth-order valence-electron chi connectivity index (χ4n) is 1.45. The van der Waals surface area contributed by atoms with Gasteiger partial charge < -0.3 is 16.2 Å². The van der Waals surface area contributed by atoms with Crippen molar-refractivity contribution in [3.63, 3.8) is 0 Å². The lowest BCUT2D eigenvalue weighted by Crippen LogP contribution is -2.34. The Morgan fingerprint density at radius 2 is 1.92 bits per heavy atom. The van der Waals surface area contributed by atoms with E-state index in [0.717, 1.165) is 12.1 Å². The van der Waals surface area contributed by atoms with Crippen molar-refractivity contribution in [1.29, 1.82) is 0 Å². The molecule has 0 aromatic heterocycles.